The Bertz CT molecular complexity index is 1740. The van der Waals surface area contributed by atoms with Crippen molar-refractivity contribution < 1.29 is 23.8 Å². The number of carboxylic acid groups (broad SMARTS) is 1. The average Bonchev–Trinajstić information content (AvgIpc) is 3.38. The zero-order valence-electron chi connectivity index (χ0n) is 24.6. The van der Waals surface area contributed by atoms with Gasteiger partial charge < -0.3 is 15.2 Å². The minimum Gasteiger partial charge on any atom is -0.481 e. The van der Waals surface area contributed by atoms with Crippen LogP contribution in [-0.2, 0) is 18.3 Å². The van der Waals surface area contributed by atoms with Crippen molar-refractivity contribution in [2.45, 2.75) is 49.9 Å². The standard InChI is InChI=1S/C32H33ClFN5O5/c1-16-19(5-4-6-23(16)36-29(40)21-11-12-35-38(2)31(21)41)27-22(34)9-8-20(28(27)33)24-13-17-7-10-25(26(17)30(37-24)44-3)39-14-18(15-39)32(42)43/h6,8-9,11-13,18,20,25,28H,4-5,7,10,14-15H2,1-3H3,(H,36,40)(H,42,43)/t20?,25-,28?/m1/s1. The Morgan fingerprint density at radius 2 is 2.02 bits per heavy atom. The molecule has 230 valence electrons. The fourth-order valence-electron chi connectivity index (χ4n) is 6.68. The highest BCUT2D eigenvalue weighted by Crippen LogP contribution is 2.47. The van der Waals surface area contributed by atoms with E-state index >= 15 is 4.39 Å². The lowest BCUT2D eigenvalue weighted by atomic mass is 9.81. The third-order valence-corrected chi connectivity index (χ3v) is 9.59. The molecule has 2 unspecified atom stereocenters. The number of pyridine rings is 1. The highest BCUT2D eigenvalue weighted by Gasteiger charge is 2.42. The summed E-state index contributed by atoms with van der Waals surface area (Å²) in [6.07, 6.45) is 9.11. The molecule has 3 heterocycles. The number of hydrogen-bond acceptors (Lipinski definition) is 7. The number of fused-ring (bicyclic) bond motifs is 1. The maximum Gasteiger partial charge on any atom is 0.309 e. The minimum absolute atomic E-state index is 0.0423. The third kappa shape index (κ3) is 5.17. The predicted molar refractivity (Wildman–Crippen MR) is 161 cm³/mol. The van der Waals surface area contributed by atoms with E-state index in [1.165, 1.54) is 25.4 Å². The van der Waals surface area contributed by atoms with Crippen LogP contribution in [0.3, 0.4) is 0 Å². The quantitative estimate of drug-likeness (QED) is 0.443. The predicted octanol–water partition coefficient (Wildman–Crippen LogP) is 4.10. The summed E-state index contributed by atoms with van der Waals surface area (Å²) in [5.74, 6) is -2.09. The molecule has 1 amide bonds. The Labute approximate surface area is 258 Å². The number of rotatable bonds is 7. The zero-order valence-corrected chi connectivity index (χ0v) is 25.4. The normalized spacial score (nSPS) is 23.8. The summed E-state index contributed by atoms with van der Waals surface area (Å²) in [6.45, 7) is 2.80. The van der Waals surface area contributed by atoms with Crippen LogP contribution >= 0.6 is 11.6 Å². The first-order valence-corrected chi connectivity index (χ1v) is 15.0. The van der Waals surface area contributed by atoms with Gasteiger partial charge in [0.25, 0.3) is 11.5 Å². The van der Waals surface area contributed by atoms with Crippen molar-refractivity contribution in [1.29, 1.82) is 0 Å². The molecule has 0 radical (unpaired) electrons. The van der Waals surface area contributed by atoms with Gasteiger partial charge in [-0.2, -0.15) is 5.10 Å². The van der Waals surface area contributed by atoms with E-state index in [0.717, 1.165) is 28.7 Å². The number of nitrogens with one attached hydrogen (secondary N) is 1. The molecule has 2 N–H and O–H groups in total. The molecule has 1 aliphatic heterocycles. The van der Waals surface area contributed by atoms with Crippen LogP contribution in [-0.4, -0.2) is 62.2 Å². The summed E-state index contributed by atoms with van der Waals surface area (Å²) in [4.78, 5) is 43.7. The maximum absolute atomic E-state index is 15.6. The molecule has 0 spiro atoms. The maximum atomic E-state index is 15.6. The molecule has 10 nitrogen and oxygen atoms in total. The fourth-order valence-corrected chi connectivity index (χ4v) is 7.13. The summed E-state index contributed by atoms with van der Waals surface area (Å²) in [6, 6.07) is 3.42. The van der Waals surface area contributed by atoms with Gasteiger partial charge >= 0.3 is 5.97 Å². The summed E-state index contributed by atoms with van der Waals surface area (Å²) in [5.41, 5.74) is 4.41. The number of halogens is 2. The number of hydrogen-bond donors (Lipinski definition) is 2. The number of methoxy groups -OCH3 is 1. The highest BCUT2D eigenvalue weighted by molar-refractivity contribution is 6.23. The molecule has 44 heavy (non-hydrogen) atoms. The van der Waals surface area contributed by atoms with Crippen molar-refractivity contribution >= 4 is 23.5 Å². The molecule has 6 rings (SSSR count). The number of ether oxygens (including phenoxy) is 1. The van der Waals surface area contributed by atoms with Crippen LogP contribution in [0.5, 0.6) is 5.88 Å². The Morgan fingerprint density at radius 3 is 2.75 bits per heavy atom. The van der Waals surface area contributed by atoms with E-state index in [2.05, 4.69) is 15.3 Å². The van der Waals surface area contributed by atoms with E-state index in [-0.39, 0.29) is 17.5 Å². The van der Waals surface area contributed by atoms with Crippen molar-refractivity contribution in [3.05, 3.63) is 97.5 Å². The number of allylic oxidation sites excluding steroid dienone is 7. The first-order chi connectivity index (χ1) is 21.1. The SMILES string of the molecule is COc1nc(C2C=CC(F)=C(C3=C(C)C(NC(=O)c4ccnn(C)c4=O)=CCC3)C2Cl)cc2c1[C@H](N1CC(C(=O)O)C1)CC2. The Hall–Kier alpha value is -4.09. The van der Waals surface area contributed by atoms with Crippen LogP contribution in [0.25, 0.3) is 0 Å². The van der Waals surface area contributed by atoms with Crippen molar-refractivity contribution in [2.24, 2.45) is 13.0 Å². The van der Waals surface area contributed by atoms with Crippen LogP contribution in [0.1, 0.15) is 65.3 Å². The highest BCUT2D eigenvalue weighted by atomic mass is 35.5. The lowest BCUT2D eigenvalue weighted by molar-refractivity contribution is -0.148. The van der Waals surface area contributed by atoms with E-state index in [0.29, 0.717) is 59.9 Å². The Morgan fingerprint density at radius 1 is 1.25 bits per heavy atom. The van der Waals surface area contributed by atoms with Gasteiger partial charge in [-0.1, -0.05) is 12.2 Å². The van der Waals surface area contributed by atoms with Crippen molar-refractivity contribution in [3.8, 4) is 5.88 Å². The number of alkyl halides is 1. The number of amides is 1. The van der Waals surface area contributed by atoms with Gasteiger partial charge in [0, 0.05) is 55.1 Å². The lowest BCUT2D eigenvalue weighted by Crippen LogP contribution is -2.51. The third-order valence-electron chi connectivity index (χ3n) is 9.11. The molecular weight excluding hydrogens is 589 g/mol. The molecule has 1 saturated heterocycles. The van der Waals surface area contributed by atoms with E-state index in [1.54, 1.807) is 13.2 Å². The van der Waals surface area contributed by atoms with Gasteiger partial charge in [-0.25, -0.2) is 14.1 Å². The number of aryl methyl sites for hydroxylation is 2. The Balaban J connectivity index is 1.26. The topological polar surface area (TPSA) is 127 Å². The van der Waals surface area contributed by atoms with Crippen molar-refractivity contribution in [3.63, 3.8) is 0 Å². The van der Waals surface area contributed by atoms with Gasteiger partial charge in [0.05, 0.1) is 24.1 Å². The van der Waals surface area contributed by atoms with E-state index in [4.69, 9.17) is 21.3 Å². The second kappa shape index (κ2) is 11.8. The summed E-state index contributed by atoms with van der Waals surface area (Å²) in [5, 5.41) is 15.2. The number of carboxylic acids is 1. The van der Waals surface area contributed by atoms with Crippen molar-refractivity contribution in [1.82, 2.24) is 25.0 Å². The van der Waals surface area contributed by atoms with Gasteiger partial charge in [-0.3, -0.25) is 19.3 Å². The molecule has 3 aliphatic carbocycles. The van der Waals surface area contributed by atoms with Crippen LogP contribution in [0.15, 0.2) is 69.6 Å². The fraction of sp³-hybridized carbons (Fsp3) is 0.406. The number of aliphatic carboxylic acids is 1. The van der Waals surface area contributed by atoms with E-state index < -0.39 is 34.6 Å². The summed E-state index contributed by atoms with van der Waals surface area (Å²) in [7, 11) is 3.04. The first-order valence-electron chi connectivity index (χ1n) is 14.6. The average molecular weight is 622 g/mol. The van der Waals surface area contributed by atoms with Crippen LogP contribution in [0.4, 0.5) is 4.39 Å². The number of carbonyl (C=O) groups excluding carboxylic acids is 1. The van der Waals surface area contributed by atoms with Crippen LogP contribution in [0, 0.1) is 5.92 Å². The van der Waals surface area contributed by atoms with Gasteiger partial charge in [-0.05, 0) is 67.5 Å². The number of nitrogens with zero attached hydrogens (tertiary/aromatic N) is 4. The minimum atomic E-state index is -0.777. The molecule has 12 heteroatoms. The molecular formula is C32H33ClFN5O5. The number of carbonyl (C=O) groups is 2. The largest absolute Gasteiger partial charge is 0.481 e. The Kier molecular flexibility index (Phi) is 8.02. The second-order valence-corrected chi connectivity index (χ2v) is 12.1. The van der Waals surface area contributed by atoms with E-state index in [1.807, 2.05) is 19.1 Å². The smallest absolute Gasteiger partial charge is 0.309 e. The van der Waals surface area contributed by atoms with Gasteiger partial charge in [-0.15, -0.1) is 11.6 Å². The molecule has 2 aromatic heterocycles. The number of likely N-dealkylation sites (tertiary alicyclic amines) is 1. The monoisotopic (exact) mass is 621 g/mol. The van der Waals surface area contributed by atoms with Gasteiger partial charge in [0.2, 0.25) is 5.88 Å². The summed E-state index contributed by atoms with van der Waals surface area (Å²) < 4.78 is 22.4. The molecule has 4 aliphatic rings. The van der Waals surface area contributed by atoms with Crippen molar-refractivity contribution in [2.75, 3.05) is 20.2 Å². The van der Waals surface area contributed by atoms with Gasteiger partial charge in [0.1, 0.15) is 11.4 Å². The molecule has 3 atom stereocenters. The molecule has 0 saturated carbocycles. The van der Waals surface area contributed by atoms with Crippen LogP contribution in [0.2, 0.25) is 0 Å². The lowest BCUT2D eigenvalue weighted by Gasteiger charge is -2.41. The molecule has 2 aromatic rings. The van der Waals surface area contributed by atoms with Gasteiger partial charge in [0.15, 0.2) is 0 Å². The first kappa shape index (κ1) is 30.0. The molecule has 1 fully saturated rings. The molecule has 0 aromatic carbocycles. The van der Waals surface area contributed by atoms with E-state index in [9.17, 15) is 19.5 Å². The molecule has 0 bridgehead atoms. The summed E-state index contributed by atoms with van der Waals surface area (Å²) >= 11 is 7.08. The van der Waals surface area contributed by atoms with Crippen LogP contribution < -0.4 is 15.6 Å². The second-order valence-electron chi connectivity index (χ2n) is 11.6. The zero-order chi connectivity index (χ0) is 31.3. The number of aromatic nitrogens is 3.